The number of halogens is 2. The van der Waals surface area contributed by atoms with E-state index in [0.29, 0.717) is 11.3 Å². The molecule has 3 aromatic rings. The molecular formula is C26H21F2NO5. The van der Waals surface area contributed by atoms with Gasteiger partial charge in [0.2, 0.25) is 0 Å². The van der Waals surface area contributed by atoms with E-state index in [9.17, 15) is 23.5 Å². The van der Waals surface area contributed by atoms with Crippen molar-refractivity contribution < 1.29 is 33.0 Å². The number of aliphatic hydroxyl groups excluding tert-OH is 1. The topological polar surface area (TPSA) is 76.1 Å². The molecule has 1 heterocycles. The first-order valence-electron chi connectivity index (χ1n) is 10.3. The minimum atomic E-state index is -1.22. The molecule has 0 saturated carbocycles. The van der Waals surface area contributed by atoms with Gasteiger partial charge in [-0.15, -0.1) is 0 Å². The Morgan fingerprint density at radius 3 is 2.41 bits per heavy atom. The Morgan fingerprint density at radius 2 is 1.74 bits per heavy atom. The number of ketones is 1. The third kappa shape index (κ3) is 3.87. The van der Waals surface area contributed by atoms with Crippen molar-refractivity contribution in [3.63, 3.8) is 0 Å². The maximum absolute atomic E-state index is 14.8. The fraction of sp³-hybridized carbons (Fsp3) is 0.154. The number of aryl methyl sites for hydroxylation is 1. The normalized spacial score (nSPS) is 17.2. The van der Waals surface area contributed by atoms with E-state index < -0.39 is 40.8 Å². The van der Waals surface area contributed by atoms with Crippen molar-refractivity contribution in [2.24, 2.45) is 0 Å². The maximum atomic E-state index is 14.8. The number of hydrogen-bond donors (Lipinski definition) is 1. The van der Waals surface area contributed by atoms with Gasteiger partial charge in [-0.3, -0.25) is 14.5 Å². The second-order valence-electron chi connectivity index (χ2n) is 7.75. The zero-order valence-electron chi connectivity index (χ0n) is 18.6. The molecule has 1 N–H and O–H groups in total. The summed E-state index contributed by atoms with van der Waals surface area (Å²) in [4.78, 5) is 27.2. The number of aliphatic hydroxyl groups is 1. The average Bonchev–Trinajstić information content (AvgIpc) is 3.10. The predicted molar refractivity (Wildman–Crippen MR) is 122 cm³/mol. The summed E-state index contributed by atoms with van der Waals surface area (Å²) in [6.07, 6.45) is 0. The van der Waals surface area contributed by atoms with E-state index in [0.717, 1.165) is 28.7 Å². The third-order valence-electron chi connectivity index (χ3n) is 5.63. The second kappa shape index (κ2) is 8.97. The molecule has 4 rings (SSSR count). The van der Waals surface area contributed by atoms with Crippen LogP contribution in [0.2, 0.25) is 0 Å². The van der Waals surface area contributed by atoms with Gasteiger partial charge in [-0.1, -0.05) is 29.8 Å². The van der Waals surface area contributed by atoms with Crippen molar-refractivity contribution in [2.75, 3.05) is 19.1 Å². The standard InChI is InChI=1S/C26H21F2NO5/c1-14-5-4-6-15(11-14)23-22(24(30)18-13-17(33-2)8-10-21(18)34-3)25(31)26(32)29(23)20-12-16(27)7-9-19(20)28/h4-13,23,30H,1-3H3/b24-22+. The first-order chi connectivity index (χ1) is 16.3. The average molecular weight is 465 g/mol. The van der Waals surface area contributed by atoms with Gasteiger partial charge in [0.1, 0.15) is 28.9 Å². The number of hydrogen-bond acceptors (Lipinski definition) is 5. The molecule has 8 heteroatoms. The van der Waals surface area contributed by atoms with Crippen molar-refractivity contribution in [1.82, 2.24) is 0 Å². The van der Waals surface area contributed by atoms with Crippen molar-refractivity contribution in [2.45, 2.75) is 13.0 Å². The number of anilines is 1. The molecule has 1 atom stereocenters. The van der Waals surface area contributed by atoms with Crippen LogP contribution in [0.15, 0.2) is 66.2 Å². The highest BCUT2D eigenvalue weighted by Gasteiger charge is 2.48. The van der Waals surface area contributed by atoms with Crippen LogP contribution < -0.4 is 14.4 Å². The maximum Gasteiger partial charge on any atom is 0.300 e. The molecule has 0 aromatic heterocycles. The Kier molecular flexibility index (Phi) is 6.06. The first kappa shape index (κ1) is 23.0. The van der Waals surface area contributed by atoms with Gasteiger partial charge in [0.05, 0.1) is 37.1 Å². The van der Waals surface area contributed by atoms with Gasteiger partial charge in [0, 0.05) is 6.07 Å². The van der Waals surface area contributed by atoms with Gasteiger partial charge in [-0.05, 0) is 42.8 Å². The summed E-state index contributed by atoms with van der Waals surface area (Å²) in [5.41, 5.74) is 0.654. The van der Waals surface area contributed by atoms with Crippen LogP contribution in [0.1, 0.15) is 22.7 Å². The van der Waals surface area contributed by atoms with Crippen LogP contribution in [0.3, 0.4) is 0 Å². The number of amides is 1. The molecule has 6 nitrogen and oxygen atoms in total. The van der Waals surface area contributed by atoms with Gasteiger partial charge in [0.25, 0.3) is 11.7 Å². The van der Waals surface area contributed by atoms with Gasteiger partial charge >= 0.3 is 0 Å². The highest BCUT2D eigenvalue weighted by molar-refractivity contribution is 6.51. The highest BCUT2D eigenvalue weighted by Crippen LogP contribution is 2.44. The van der Waals surface area contributed by atoms with Crippen molar-refractivity contribution >= 4 is 23.1 Å². The SMILES string of the molecule is COc1ccc(OC)c(/C(O)=C2\C(=O)C(=O)N(c3cc(F)ccc3F)C2c2cccc(C)c2)c1. The number of Topliss-reactive ketones (excluding diaryl/α,β-unsaturated/α-hetero) is 1. The molecular weight excluding hydrogens is 444 g/mol. The molecule has 1 saturated heterocycles. The van der Waals surface area contributed by atoms with E-state index >= 15 is 0 Å². The zero-order valence-corrected chi connectivity index (χ0v) is 18.6. The number of rotatable bonds is 5. The third-order valence-corrected chi connectivity index (χ3v) is 5.63. The van der Waals surface area contributed by atoms with Crippen LogP contribution in [0, 0.1) is 18.6 Å². The van der Waals surface area contributed by atoms with E-state index in [4.69, 9.17) is 9.47 Å². The summed E-state index contributed by atoms with van der Waals surface area (Å²) < 4.78 is 39.4. The smallest absolute Gasteiger partial charge is 0.300 e. The Morgan fingerprint density at radius 1 is 0.971 bits per heavy atom. The van der Waals surface area contributed by atoms with Gasteiger partial charge in [0.15, 0.2) is 0 Å². The van der Waals surface area contributed by atoms with E-state index in [1.165, 1.54) is 26.4 Å². The van der Waals surface area contributed by atoms with Gasteiger partial charge in [-0.25, -0.2) is 8.78 Å². The molecule has 0 bridgehead atoms. The largest absolute Gasteiger partial charge is 0.507 e. The molecule has 34 heavy (non-hydrogen) atoms. The first-order valence-corrected chi connectivity index (χ1v) is 10.3. The Balaban J connectivity index is 2.03. The lowest BCUT2D eigenvalue weighted by Crippen LogP contribution is -2.30. The monoisotopic (exact) mass is 465 g/mol. The number of carbonyl (C=O) groups excluding carboxylic acids is 2. The fourth-order valence-corrected chi connectivity index (χ4v) is 4.05. The molecule has 0 aliphatic carbocycles. The number of nitrogens with zero attached hydrogens (tertiary/aromatic N) is 1. The van der Waals surface area contributed by atoms with Crippen molar-refractivity contribution in [1.29, 1.82) is 0 Å². The Labute approximate surface area is 194 Å². The molecule has 1 amide bonds. The van der Waals surface area contributed by atoms with E-state index in [1.54, 1.807) is 24.3 Å². The predicted octanol–water partition coefficient (Wildman–Crippen LogP) is 4.92. The van der Waals surface area contributed by atoms with Crippen LogP contribution in [0.25, 0.3) is 5.76 Å². The minimum absolute atomic E-state index is 0.109. The summed E-state index contributed by atoms with van der Waals surface area (Å²) >= 11 is 0. The van der Waals surface area contributed by atoms with E-state index in [2.05, 4.69) is 0 Å². The lowest BCUT2D eigenvalue weighted by molar-refractivity contribution is -0.132. The van der Waals surface area contributed by atoms with Crippen LogP contribution in [-0.2, 0) is 9.59 Å². The summed E-state index contributed by atoms with van der Waals surface area (Å²) in [5, 5.41) is 11.3. The summed E-state index contributed by atoms with van der Waals surface area (Å²) in [7, 11) is 2.82. The lowest BCUT2D eigenvalue weighted by atomic mass is 9.94. The van der Waals surface area contributed by atoms with Crippen LogP contribution in [0.5, 0.6) is 11.5 Å². The molecule has 1 unspecified atom stereocenters. The van der Waals surface area contributed by atoms with E-state index in [1.807, 2.05) is 13.0 Å². The highest BCUT2D eigenvalue weighted by atomic mass is 19.1. The molecule has 1 aliphatic heterocycles. The van der Waals surface area contributed by atoms with Crippen molar-refractivity contribution in [3.05, 3.63) is 94.6 Å². The van der Waals surface area contributed by atoms with Crippen molar-refractivity contribution in [3.8, 4) is 11.5 Å². The zero-order chi connectivity index (χ0) is 24.6. The Hall–Kier alpha value is -4.20. The molecule has 174 valence electrons. The molecule has 0 spiro atoms. The quantitative estimate of drug-likeness (QED) is 0.329. The van der Waals surface area contributed by atoms with Gasteiger partial charge < -0.3 is 14.6 Å². The molecule has 0 radical (unpaired) electrons. The summed E-state index contributed by atoms with van der Waals surface area (Å²) in [6, 6.07) is 12.9. The molecule has 3 aromatic carbocycles. The number of ether oxygens (including phenoxy) is 2. The molecule has 1 fully saturated rings. The summed E-state index contributed by atoms with van der Waals surface area (Å²) in [5.74, 6) is -3.74. The second-order valence-corrected chi connectivity index (χ2v) is 7.75. The minimum Gasteiger partial charge on any atom is -0.507 e. The van der Waals surface area contributed by atoms with Crippen LogP contribution in [0.4, 0.5) is 14.5 Å². The van der Waals surface area contributed by atoms with E-state index in [-0.39, 0.29) is 16.9 Å². The number of methoxy groups -OCH3 is 2. The van der Waals surface area contributed by atoms with Crippen LogP contribution in [-0.4, -0.2) is 31.0 Å². The fourth-order valence-electron chi connectivity index (χ4n) is 4.05. The number of benzene rings is 3. The lowest BCUT2D eigenvalue weighted by Gasteiger charge is -2.26. The Bertz CT molecular complexity index is 1330. The molecule has 1 aliphatic rings. The summed E-state index contributed by atoms with van der Waals surface area (Å²) in [6.45, 7) is 1.81. The van der Waals surface area contributed by atoms with Crippen LogP contribution >= 0.6 is 0 Å². The number of carbonyl (C=O) groups is 2. The van der Waals surface area contributed by atoms with Gasteiger partial charge in [-0.2, -0.15) is 0 Å².